The van der Waals surface area contributed by atoms with Crippen LogP contribution in [-0.4, -0.2) is 41.8 Å². The fourth-order valence-corrected chi connectivity index (χ4v) is 1.73. The van der Waals surface area contributed by atoms with Crippen LogP contribution in [0.2, 0.25) is 0 Å². The van der Waals surface area contributed by atoms with Crippen molar-refractivity contribution in [2.24, 2.45) is 5.14 Å². The van der Waals surface area contributed by atoms with E-state index < -0.39 is 10.0 Å². The van der Waals surface area contributed by atoms with E-state index in [9.17, 15) is 8.42 Å². The quantitative estimate of drug-likeness (QED) is 0.560. The summed E-state index contributed by atoms with van der Waals surface area (Å²) in [6, 6.07) is 0.122. The first-order chi connectivity index (χ1) is 8.76. The molecule has 1 heterocycles. The van der Waals surface area contributed by atoms with E-state index in [1.165, 1.54) is 0 Å². The first-order valence-electron chi connectivity index (χ1n) is 5.69. The molecule has 0 aliphatic carbocycles. The molecule has 0 radical (unpaired) electrons. The molecule has 0 aliphatic rings. The Morgan fingerprint density at radius 1 is 1.32 bits per heavy atom. The molecule has 1 aromatic rings. The normalized spacial score (nSPS) is 11.6. The van der Waals surface area contributed by atoms with Gasteiger partial charge in [-0.2, -0.15) is 15.0 Å². The number of aromatic nitrogens is 3. The average molecular weight is 290 g/mol. The molecule has 0 aromatic carbocycles. The van der Waals surface area contributed by atoms with Crippen molar-refractivity contribution >= 4 is 21.9 Å². The van der Waals surface area contributed by atoms with Gasteiger partial charge in [-0.05, 0) is 20.3 Å². The predicted octanol–water partition coefficient (Wildman–Crippen LogP) is -0.668. The summed E-state index contributed by atoms with van der Waals surface area (Å²) in [5.74, 6) is 0.146. The maximum absolute atomic E-state index is 10.7. The standard InChI is InChI=1S/C9H18N6O3S/c1-6(2)18-9-14-7(10)13-8(15-9)12-4-3-5-19(11,16)17/h6H,3-5H2,1-2H3,(H2,11,16,17)(H3,10,12,13,14,15). The van der Waals surface area contributed by atoms with Gasteiger partial charge in [0.1, 0.15) is 0 Å². The molecular weight excluding hydrogens is 272 g/mol. The van der Waals surface area contributed by atoms with Gasteiger partial charge in [0.05, 0.1) is 11.9 Å². The summed E-state index contributed by atoms with van der Waals surface area (Å²) in [4.78, 5) is 11.7. The van der Waals surface area contributed by atoms with Gasteiger partial charge in [-0.15, -0.1) is 0 Å². The van der Waals surface area contributed by atoms with Crippen LogP contribution in [0.1, 0.15) is 20.3 Å². The third-order valence-corrected chi connectivity index (χ3v) is 2.72. The van der Waals surface area contributed by atoms with E-state index in [0.717, 1.165) is 0 Å². The van der Waals surface area contributed by atoms with E-state index in [0.29, 0.717) is 13.0 Å². The number of nitrogens with one attached hydrogen (secondary N) is 1. The number of rotatable bonds is 7. The Morgan fingerprint density at radius 2 is 2.00 bits per heavy atom. The first kappa shape index (κ1) is 15.4. The van der Waals surface area contributed by atoms with Crippen LogP contribution in [0.4, 0.5) is 11.9 Å². The van der Waals surface area contributed by atoms with Crippen LogP contribution in [0.15, 0.2) is 0 Å². The molecule has 0 unspecified atom stereocenters. The van der Waals surface area contributed by atoms with Crippen molar-refractivity contribution < 1.29 is 13.2 Å². The molecule has 0 spiro atoms. The zero-order valence-corrected chi connectivity index (χ0v) is 11.6. The number of hydrogen-bond donors (Lipinski definition) is 3. The lowest BCUT2D eigenvalue weighted by Gasteiger charge is -2.09. The van der Waals surface area contributed by atoms with Gasteiger partial charge in [0, 0.05) is 6.54 Å². The van der Waals surface area contributed by atoms with Crippen molar-refractivity contribution in [1.82, 2.24) is 15.0 Å². The van der Waals surface area contributed by atoms with Crippen LogP contribution in [0.5, 0.6) is 6.01 Å². The van der Waals surface area contributed by atoms with E-state index in [1.54, 1.807) is 0 Å². The second-order valence-electron chi connectivity index (χ2n) is 4.11. The van der Waals surface area contributed by atoms with Gasteiger partial charge >= 0.3 is 6.01 Å². The highest BCUT2D eigenvalue weighted by Gasteiger charge is 2.07. The van der Waals surface area contributed by atoms with Gasteiger partial charge in [-0.25, -0.2) is 13.6 Å². The molecule has 0 fully saturated rings. The molecular formula is C9H18N6O3S. The molecule has 9 nitrogen and oxygen atoms in total. The smallest absolute Gasteiger partial charge is 0.323 e. The Hall–Kier alpha value is -1.68. The van der Waals surface area contributed by atoms with Crippen LogP contribution >= 0.6 is 0 Å². The largest absolute Gasteiger partial charge is 0.461 e. The van der Waals surface area contributed by atoms with Crippen LogP contribution in [0.3, 0.4) is 0 Å². The monoisotopic (exact) mass is 290 g/mol. The molecule has 10 heteroatoms. The molecule has 0 bridgehead atoms. The van der Waals surface area contributed by atoms with Gasteiger partial charge in [-0.3, -0.25) is 0 Å². The van der Waals surface area contributed by atoms with Crippen molar-refractivity contribution in [2.45, 2.75) is 26.4 Å². The molecule has 0 atom stereocenters. The summed E-state index contributed by atoms with van der Waals surface area (Å²) in [6.45, 7) is 4.01. The van der Waals surface area contributed by atoms with Crippen molar-refractivity contribution in [2.75, 3.05) is 23.3 Å². The molecule has 1 aromatic heterocycles. The molecule has 5 N–H and O–H groups in total. The summed E-state index contributed by atoms with van der Waals surface area (Å²) in [6.07, 6.45) is 0.252. The van der Waals surface area contributed by atoms with E-state index in [1.807, 2.05) is 13.8 Å². The second kappa shape index (κ2) is 6.48. The number of hydrogen-bond acceptors (Lipinski definition) is 8. The van der Waals surface area contributed by atoms with Gasteiger partial charge in [-0.1, -0.05) is 0 Å². The molecule has 0 amide bonds. The molecule has 19 heavy (non-hydrogen) atoms. The second-order valence-corrected chi connectivity index (χ2v) is 5.85. The van der Waals surface area contributed by atoms with Crippen molar-refractivity contribution in [3.63, 3.8) is 0 Å². The Morgan fingerprint density at radius 3 is 2.58 bits per heavy atom. The Kier molecular flexibility index (Phi) is 5.24. The lowest BCUT2D eigenvalue weighted by Crippen LogP contribution is -2.19. The molecule has 0 saturated carbocycles. The molecule has 0 aliphatic heterocycles. The van der Waals surface area contributed by atoms with Crippen LogP contribution in [0, 0.1) is 0 Å². The number of anilines is 2. The van der Waals surface area contributed by atoms with Crippen molar-refractivity contribution in [1.29, 1.82) is 0 Å². The molecule has 0 saturated heterocycles. The number of ether oxygens (including phenoxy) is 1. The minimum Gasteiger partial charge on any atom is -0.461 e. The van der Waals surface area contributed by atoms with Crippen LogP contribution in [-0.2, 0) is 10.0 Å². The van der Waals surface area contributed by atoms with E-state index in [2.05, 4.69) is 20.3 Å². The average Bonchev–Trinajstić information content (AvgIpc) is 2.21. The highest BCUT2D eigenvalue weighted by atomic mass is 32.2. The maximum Gasteiger partial charge on any atom is 0.323 e. The minimum atomic E-state index is -3.45. The predicted molar refractivity (Wildman–Crippen MR) is 71.1 cm³/mol. The van der Waals surface area contributed by atoms with Gasteiger partial charge in [0.25, 0.3) is 0 Å². The topological polar surface area (TPSA) is 146 Å². The van der Waals surface area contributed by atoms with Gasteiger partial charge in [0.15, 0.2) is 0 Å². The van der Waals surface area contributed by atoms with Crippen LogP contribution in [0.25, 0.3) is 0 Å². The first-order valence-corrected chi connectivity index (χ1v) is 7.40. The Balaban J connectivity index is 2.56. The molecule has 108 valence electrons. The third-order valence-electron chi connectivity index (χ3n) is 1.86. The summed E-state index contributed by atoms with van der Waals surface area (Å²) in [5.41, 5.74) is 5.51. The number of nitrogens with two attached hydrogens (primary N) is 2. The SMILES string of the molecule is CC(C)Oc1nc(N)nc(NCCCS(N)(=O)=O)n1. The van der Waals surface area contributed by atoms with E-state index >= 15 is 0 Å². The summed E-state index contributed by atoms with van der Waals surface area (Å²) in [5, 5.41) is 7.71. The summed E-state index contributed by atoms with van der Waals surface area (Å²) in [7, 11) is -3.45. The van der Waals surface area contributed by atoms with Gasteiger partial charge < -0.3 is 15.8 Å². The van der Waals surface area contributed by atoms with Crippen molar-refractivity contribution in [3.05, 3.63) is 0 Å². The Bertz CT molecular complexity index is 519. The Labute approximate surface area is 111 Å². The number of primary sulfonamides is 1. The van der Waals surface area contributed by atoms with Crippen LogP contribution < -0.4 is 20.9 Å². The lowest BCUT2D eigenvalue weighted by atomic mass is 10.5. The lowest BCUT2D eigenvalue weighted by molar-refractivity contribution is 0.222. The van der Waals surface area contributed by atoms with Gasteiger partial charge in [0.2, 0.25) is 21.9 Å². The fraction of sp³-hybridized carbons (Fsp3) is 0.667. The third kappa shape index (κ3) is 6.72. The molecule has 1 rings (SSSR count). The van der Waals surface area contributed by atoms with Crippen molar-refractivity contribution in [3.8, 4) is 6.01 Å². The number of nitrogen functional groups attached to an aromatic ring is 1. The van der Waals surface area contributed by atoms with E-state index in [-0.39, 0.29) is 29.8 Å². The highest BCUT2D eigenvalue weighted by Crippen LogP contribution is 2.10. The fourth-order valence-electron chi connectivity index (χ4n) is 1.19. The number of sulfonamides is 1. The maximum atomic E-state index is 10.7. The van der Waals surface area contributed by atoms with E-state index in [4.69, 9.17) is 15.6 Å². The summed E-state index contributed by atoms with van der Waals surface area (Å²) < 4.78 is 26.8. The highest BCUT2D eigenvalue weighted by molar-refractivity contribution is 7.89. The minimum absolute atomic E-state index is 0.0274. The number of nitrogens with zero attached hydrogens (tertiary/aromatic N) is 3. The summed E-state index contributed by atoms with van der Waals surface area (Å²) >= 11 is 0. The zero-order chi connectivity index (χ0) is 14.5. The zero-order valence-electron chi connectivity index (χ0n) is 10.8.